The van der Waals surface area contributed by atoms with Crippen molar-refractivity contribution in [3.8, 4) is 0 Å². The van der Waals surface area contributed by atoms with Gasteiger partial charge in [0.25, 0.3) is 0 Å². The molecule has 78 valence electrons. The van der Waals surface area contributed by atoms with E-state index in [0.29, 0.717) is 6.04 Å². The molecule has 0 spiro atoms. The lowest BCUT2D eigenvalue weighted by molar-refractivity contribution is 0.396. The molecule has 1 atom stereocenters. The predicted octanol–water partition coefficient (Wildman–Crippen LogP) is 0.278. The number of rotatable bonds is 5. The Hall–Kier alpha value is -0.120. The molecule has 0 saturated carbocycles. The zero-order chi connectivity index (χ0) is 9.68. The van der Waals surface area contributed by atoms with E-state index in [0.717, 1.165) is 19.1 Å². The molecular formula is C10H23N3. The highest BCUT2D eigenvalue weighted by Gasteiger charge is 2.17. The quantitative estimate of drug-likeness (QED) is 0.602. The predicted molar refractivity (Wildman–Crippen MR) is 57.0 cm³/mol. The molecule has 0 aromatic carbocycles. The van der Waals surface area contributed by atoms with Gasteiger partial charge in [0.2, 0.25) is 0 Å². The van der Waals surface area contributed by atoms with Crippen LogP contribution in [-0.4, -0.2) is 50.2 Å². The Labute approximate surface area is 81.9 Å². The van der Waals surface area contributed by atoms with Crippen molar-refractivity contribution in [1.29, 1.82) is 0 Å². The molecule has 0 amide bonds. The van der Waals surface area contributed by atoms with Crippen molar-refractivity contribution in [3.63, 3.8) is 0 Å². The Morgan fingerprint density at radius 3 is 2.69 bits per heavy atom. The number of hydrogen-bond acceptors (Lipinski definition) is 3. The van der Waals surface area contributed by atoms with Crippen LogP contribution in [0.3, 0.4) is 0 Å². The van der Waals surface area contributed by atoms with Crippen LogP contribution in [0.2, 0.25) is 0 Å². The highest BCUT2D eigenvalue weighted by Crippen LogP contribution is 2.04. The minimum absolute atomic E-state index is 0.605. The number of likely N-dealkylation sites (tertiary alicyclic amines) is 1. The van der Waals surface area contributed by atoms with Gasteiger partial charge in [-0.15, -0.1) is 0 Å². The largest absolute Gasteiger partial charge is 0.313 e. The van der Waals surface area contributed by atoms with E-state index in [1.54, 1.807) is 0 Å². The van der Waals surface area contributed by atoms with Crippen molar-refractivity contribution in [1.82, 2.24) is 15.5 Å². The molecule has 3 heteroatoms. The maximum absolute atomic E-state index is 3.56. The summed E-state index contributed by atoms with van der Waals surface area (Å²) in [6, 6.07) is 1.33. The third kappa shape index (κ3) is 4.60. The molecule has 0 aromatic rings. The molecule has 1 aliphatic heterocycles. The Morgan fingerprint density at radius 1 is 1.38 bits per heavy atom. The van der Waals surface area contributed by atoms with Crippen molar-refractivity contribution in [2.45, 2.75) is 32.4 Å². The summed E-state index contributed by atoms with van der Waals surface area (Å²) in [5.74, 6) is 0. The smallest absolute Gasteiger partial charge is 0.0207 e. The van der Waals surface area contributed by atoms with Gasteiger partial charge in [-0.2, -0.15) is 0 Å². The zero-order valence-electron chi connectivity index (χ0n) is 9.14. The first-order valence-electron chi connectivity index (χ1n) is 5.34. The molecule has 1 saturated heterocycles. The molecule has 1 fully saturated rings. The molecule has 0 aromatic heterocycles. The van der Waals surface area contributed by atoms with Crippen LogP contribution in [-0.2, 0) is 0 Å². The molecule has 0 radical (unpaired) electrons. The van der Waals surface area contributed by atoms with Gasteiger partial charge < -0.3 is 15.5 Å². The zero-order valence-corrected chi connectivity index (χ0v) is 9.14. The molecule has 2 N–H and O–H groups in total. The molecule has 0 aliphatic carbocycles. The fraction of sp³-hybridized carbons (Fsp3) is 1.00. The maximum atomic E-state index is 3.56. The van der Waals surface area contributed by atoms with Gasteiger partial charge in [0.05, 0.1) is 0 Å². The van der Waals surface area contributed by atoms with Gasteiger partial charge >= 0.3 is 0 Å². The van der Waals surface area contributed by atoms with E-state index < -0.39 is 0 Å². The summed E-state index contributed by atoms with van der Waals surface area (Å²) in [4.78, 5) is 2.38. The molecule has 13 heavy (non-hydrogen) atoms. The first-order chi connectivity index (χ1) is 6.18. The van der Waals surface area contributed by atoms with Crippen LogP contribution in [0.5, 0.6) is 0 Å². The van der Waals surface area contributed by atoms with Crippen LogP contribution < -0.4 is 10.6 Å². The molecule has 0 bridgehead atoms. The third-order valence-corrected chi connectivity index (χ3v) is 2.50. The summed E-state index contributed by atoms with van der Waals surface area (Å²) < 4.78 is 0. The fourth-order valence-corrected chi connectivity index (χ4v) is 1.74. The Kier molecular flexibility index (Phi) is 4.70. The average molecular weight is 185 g/mol. The van der Waals surface area contributed by atoms with E-state index in [1.165, 1.54) is 19.5 Å². The van der Waals surface area contributed by atoms with Crippen molar-refractivity contribution in [2.75, 3.05) is 33.2 Å². The molecule has 1 heterocycles. The third-order valence-electron chi connectivity index (χ3n) is 2.50. The van der Waals surface area contributed by atoms with Crippen LogP contribution in [0.15, 0.2) is 0 Å². The Balaban J connectivity index is 1.94. The highest BCUT2D eigenvalue weighted by molar-refractivity contribution is 4.78. The first-order valence-corrected chi connectivity index (χ1v) is 5.34. The van der Waals surface area contributed by atoms with E-state index in [1.807, 2.05) is 0 Å². The molecule has 3 nitrogen and oxygen atoms in total. The van der Waals surface area contributed by atoms with Gasteiger partial charge in [-0.1, -0.05) is 13.8 Å². The van der Waals surface area contributed by atoms with Crippen LogP contribution in [0.4, 0.5) is 0 Å². The van der Waals surface area contributed by atoms with Gasteiger partial charge in [-0.25, -0.2) is 0 Å². The summed E-state index contributed by atoms with van der Waals surface area (Å²) in [6.07, 6.45) is 1.30. The standard InChI is InChI=1S/C10H23N3/c1-9(2)11-5-6-12-10-4-7-13(3)8-10/h9-12H,4-8H2,1-3H3. The van der Waals surface area contributed by atoms with Crippen molar-refractivity contribution in [2.24, 2.45) is 0 Å². The maximum Gasteiger partial charge on any atom is 0.0207 e. The molecular weight excluding hydrogens is 162 g/mol. The number of nitrogens with one attached hydrogen (secondary N) is 2. The molecule has 1 rings (SSSR count). The number of likely N-dealkylation sites (N-methyl/N-ethyl adjacent to an activating group) is 1. The normalized spacial score (nSPS) is 24.5. The van der Waals surface area contributed by atoms with E-state index in [4.69, 9.17) is 0 Å². The average Bonchev–Trinajstić information content (AvgIpc) is 2.45. The summed E-state index contributed by atoms with van der Waals surface area (Å²) in [6.45, 7) is 9.00. The second-order valence-corrected chi connectivity index (χ2v) is 4.31. The summed E-state index contributed by atoms with van der Waals surface area (Å²) >= 11 is 0. The number of hydrogen-bond donors (Lipinski definition) is 2. The van der Waals surface area contributed by atoms with Crippen molar-refractivity contribution >= 4 is 0 Å². The Morgan fingerprint density at radius 2 is 2.15 bits per heavy atom. The van der Waals surface area contributed by atoms with Crippen LogP contribution in [0.1, 0.15) is 20.3 Å². The van der Waals surface area contributed by atoms with Crippen LogP contribution in [0, 0.1) is 0 Å². The fourth-order valence-electron chi connectivity index (χ4n) is 1.74. The van der Waals surface area contributed by atoms with Gasteiger partial charge in [0.15, 0.2) is 0 Å². The summed E-state index contributed by atoms with van der Waals surface area (Å²) in [5, 5.41) is 6.97. The lowest BCUT2D eigenvalue weighted by Crippen LogP contribution is -2.38. The Bertz CT molecular complexity index is 136. The monoisotopic (exact) mass is 185 g/mol. The minimum Gasteiger partial charge on any atom is -0.313 e. The highest BCUT2D eigenvalue weighted by atomic mass is 15.2. The minimum atomic E-state index is 0.605. The van der Waals surface area contributed by atoms with Gasteiger partial charge in [0, 0.05) is 31.7 Å². The van der Waals surface area contributed by atoms with Crippen LogP contribution in [0.25, 0.3) is 0 Å². The van der Waals surface area contributed by atoms with E-state index in [-0.39, 0.29) is 0 Å². The topological polar surface area (TPSA) is 27.3 Å². The van der Waals surface area contributed by atoms with E-state index >= 15 is 0 Å². The van der Waals surface area contributed by atoms with Gasteiger partial charge in [0.1, 0.15) is 0 Å². The van der Waals surface area contributed by atoms with Gasteiger partial charge in [-0.05, 0) is 20.0 Å². The van der Waals surface area contributed by atoms with E-state index in [2.05, 4.69) is 36.4 Å². The lowest BCUT2D eigenvalue weighted by Gasteiger charge is -2.14. The molecule has 1 aliphatic rings. The SMILES string of the molecule is CC(C)NCCNC1CCN(C)C1. The van der Waals surface area contributed by atoms with E-state index in [9.17, 15) is 0 Å². The number of nitrogens with zero attached hydrogens (tertiary/aromatic N) is 1. The first kappa shape index (κ1) is 11.0. The molecule has 1 unspecified atom stereocenters. The second-order valence-electron chi connectivity index (χ2n) is 4.31. The lowest BCUT2D eigenvalue weighted by atomic mass is 10.2. The van der Waals surface area contributed by atoms with Crippen molar-refractivity contribution in [3.05, 3.63) is 0 Å². The van der Waals surface area contributed by atoms with Gasteiger partial charge in [-0.3, -0.25) is 0 Å². The van der Waals surface area contributed by atoms with Crippen LogP contribution >= 0.6 is 0 Å². The van der Waals surface area contributed by atoms with Crippen molar-refractivity contribution < 1.29 is 0 Å². The summed E-state index contributed by atoms with van der Waals surface area (Å²) in [5.41, 5.74) is 0. The summed E-state index contributed by atoms with van der Waals surface area (Å²) in [7, 11) is 2.19. The second kappa shape index (κ2) is 5.58.